The Labute approximate surface area is 103 Å². The van der Waals surface area contributed by atoms with E-state index in [1.165, 1.54) is 12.8 Å². The second kappa shape index (κ2) is 3.05. The summed E-state index contributed by atoms with van der Waals surface area (Å²) in [6.07, 6.45) is 4.40. The second-order valence-corrected chi connectivity index (χ2v) is 7.05. The molecule has 0 aromatic carbocycles. The van der Waals surface area contributed by atoms with Gasteiger partial charge in [0.25, 0.3) is 0 Å². The van der Waals surface area contributed by atoms with E-state index in [1.54, 1.807) is 0 Å². The second-order valence-electron chi connectivity index (χ2n) is 7.05. The van der Waals surface area contributed by atoms with Crippen LogP contribution in [0, 0.1) is 17.3 Å². The Bertz CT molecular complexity index is 370. The lowest BCUT2D eigenvalue weighted by Crippen LogP contribution is -2.68. The van der Waals surface area contributed by atoms with Crippen LogP contribution in [0.25, 0.3) is 0 Å². The molecule has 96 valence electrons. The van der Waals surface area contributed by atoms with Crippen LogP contribution in [0.4, 0.5) is 0 Å². The summed E-state index contributed by atoms with van der Waals surface area (Å²) in [5.74, 6) is -0.219. The first-order chi connectivity index (χ1) is 7.79. The lowest BCUT2D eigenvalue weighted by Gasteiger charge is -2.60. The van der Waals surface area contributed by atoms with Gasteiger partial charge in [0.05, 0.1) is 11.5 Å². The van der Waals surface area contributed by atoms with Gasteiger partial charge in [0.1, 0.15) is 0 Å². The molecule has 0 aromatic rings. The zero-order valence-corrected chi connectivity index (χ0v) is 11.2. The predicted molar refractivity (Wildman–Crippen MR) is 63.2 cm³/mol. The van der Waals surface area contributed by atoms with Gasteiger partial charge in [0, 0.05) is 12.3 Å². The van der Waals surface area contributed by atoms with E-state index < -0.39 is 5.79 Å². The van der Waals surface area contributed by atoms with Crippen LogP contribution < -0.4 is 0 Å². The smallest absolute Gasteiger partial charge is 0.314 e. The molecule has 1 saturated heterocycles. The molecule has 3 aliphatic rings. The molecule has 3 fully saturated rings. The average molecular weight is 238 g/mol. The van der Waals surface area contributed by atoms with Crippen molar-refractivity contribution in [3.05, 3.63) is 0 Å². The molecule has 0 unspecified atom stereocenters. The van der Waals surface area contributed by atoms with Gasteiger partial charge in [0.15, 0.2) is 0 Å². The van der Waals surface area contributed by atoms with Gasteiger partial charge in [0.2, 0.25) is 5.79 Å². The van der Waals surface area contributed by atoms with Gasteiger partial charge in [-0.25, -0.2) is 0 Å². The van der Waals surface area contributed by atoms with Crippen LogP contribution in [-0.4, -0.2) is 17.4 Å². The molecule has 2 saturated carbocycles. The van der Waals surface area contributed by atoms with Gasteiger partial charge < -0.3 is 9.47 Å². The van der Waals surface area contributed by atoms with Gasteiger partial charge in [-0.3, -0.25) is 4.79 Å². The highest BCUT2D eigenvalue weighted by atomic mass is 16.7. The molecule has 0 aromatic heterocycles. The number of carbonyl (C=O) groups excluding carboxylic acids is 1. The highest BCUT2D eigenvalue weighted by Crippen LogP contribution is 2.62. The summed E-state index contributed by atoms with van der Waals surface area (Å²) in [6, 6.07) is 0. The van der Waals surface area contributed by atoms with E-state index in [0.717, 1.165) is 12.8 Å². The summed E-state index contributed by atoms with van der Waals surface area (Å²) in [5, 5.41) is 0. The molecule has 1 spiro atoms. The summed E-state index contributed by atoms with van der Waals surface area (Å²) in [5.41, 5.74) is -0.373. The quantitative estimate of drug-likeness (QED) is 0.609. The zero-order chi connectivity index (χ0) is 12.5. The van der Waals surface area contributed by atoms with Crippen molar-refractivity contribution in [2.45, 2.75) is 64.8 Å². The third-order valence-electron chi connectivity index (χ3n) is 5.25. The van der Waals surface area contributed by atoms with E-state index in [4.69, 9.17) is 9.47 Å². The zero-order valence-electron chi connectivity index (χ0n) is 11.2. The maximum atomic E-state index is 12.2. The molecular formula is C14H22O3. The Balaban J connectivity index is 1.95. The van der Waals surface area contributed by atoms with Crippen molar-refractivity contribution in [3.63, 3.8) is 0 Å². The Morgan fingerprint density at radius 3 is 2.65 bits per heavy atom. The van der Waals surface area contributed by atoms with Crippen molar-refractivity contribution in [3.8, 4) is 0 Å². The van der Waals surface area contributed by atoms with E-state index in [0.29, 0.717) is 5.92 Å². The lowest BCUT2D eigenvalue weighted by atomic mass is 9.61. The molecule has 0 bridgehead atoms. The van der Waals surface area contributed by atoms with Crippen molar-refractivity contribution < 1.29 is 14.3 Å². The monoisotopic (exact) mass is 238 g/mol. The molecule has 2 aliphatic carbocycles. The molecule has 3 rings (SSSR count). The first-order valence-corrected chi connectivity index (χ1v) is 6.71. The number of rotatable bonds is 0. The summed E-state index contributed by atoms with van der Waals surface area (Å²) in [7, 11) is 0. The van der Waals surface area contributed by atoms with E-state index >= 15 is 0 Å². The topological polar surface area (TPSA) is 35.5 Å². The Morgan fingerprint density at radius 1 is 1.35 bits per heavy atom. The van der Waals surface area contributed by atoms with Gasteiger partial charge >= 0.3 is 5.97 Å². The summed E-state index contributed by atoms with van der Waals surface area (Å²) in [4.78, 5) is 12.2. The van der Waals surface area contributed by atoms with Crippen LogP contribution >= 0.6 is 0 Å². The third kappa shape index (κ3) is 1.29. The molecule has 17 heavy (non-hydrogen) atoms. The van der Waals surface area contributed by atoms with Gasteiger partial charge in [-0.05, 0) is 25.2 Å². The van der Waals surface area contributed by atoms with Gasteiger partial charge in [-0.2, -0.15) is 0 Å². The fraction of sp³-hybridized carbons (Fsp3) is 0.929. The standard InChI is InChI=1S/C14H22O3/c1-12(2,3)13(4)16-11(15)10-8-9-6-5-7-14(9,10)17-13/h9-10H,5-8H2,1-4H3/t9-,10+,13-,14+/m1/s1. The Hall–Kier alpha value is -0.570. The van der Waals surface area contributed by atoms with E-state index in [-0.39, 0.29) is 22.9 Å². The number of hydrogen-bond acceptors (Lipinski definition) is 3. The molecule has 3 nitrogen and oxygen atoms in total. The van der Waals surface area contributed by atoms with Crippen molar-refractivity contribution in [1.29, 1.82) is 0 Å². The Morgan fingerprint density at radius 2 is 2.06 bits per heavy atom. The molecular weight excluding hydrogens is 216 g/mol. The highest BCUT2D eigenvalue weighted by Gasteiger charge is 2.69. The first-order valence-electron chi connectivity index (χ1n) is 6.71. The number of hydrogen-bond donors (Lipinski definition) is 0. The number of carbonyl (C=O) groups is 1. The first kappa shape index (κ1) is 11.5. The summed E-state index contributed by atoms with van der Waals surface area (Å²) in [6.45, 7) is 8.13. The normalized spacial score (nSPS) is 49.1. The molecule has 1 heterocycles. The SMILES string of the molecule is CC(C)(C)[C@]1(C)OC(=O)[C@@H]2C[C@H]3CCC[C@]32O1. The number of ether oxygens (including phenoxy) is 2. The minimum atomic E-state index is -0.774. The minimum Gasteiger partial charge on any atom is -0.432 e. The molecule has 3 heteroatoms. The van der Waals surface area contributed by atoms with Crippen molar-refractivity contribution >= 4 is 5.97 Å². The molecule has 4 atom stereocenters. The number of esters is 1. The summed E-state index contributed by atoms with van der Waals surface area (Å²) < 4.78 is 12.0. The molecule has 0 amide bonds. The fourth-order valence-corrected chi connectivity index (χ4v) is 3.63. The lowest BCUT2D eigenvalue weighted by molar-refractivity contribution is -0.375. The van der Waals surface area contributed by atoms with Gasteiger partial charge in [-0.1, -0.05) is 27.2 Å². The number of cyclic esters (lactones) is 1. The van der Waals surface area contributed by atoms with Crippen LogP contribution in [0.5, 0.6) is 0 Å². The maximum absolute atomic E-state index is 12.2. The van der Waals surface area contributed by atoms with Crippen LogP contribution in [0.2, 0.25) is 0 Å². The van der Waals surface area contributed by atoms with Crippen LogP contribution in [0.15, 0.2) is 0 Å². The van der Waals surface area contributed by atoms with Gasteiger partial charge in [-0.15, -0.1) is 0 Å². The molecule has 1 aliphatic heterocycles. The Kier molecular flexibility index (Phi) is 2.07. The van der Waals surface area contributed by atoms with Crippen LogP contribution in [0.3, 0.4) is 0 Å². The molecule has 0 N–H and O–H groups in total. The van der Waals surface area contributed by atoms with Crippen molar-refractivity contribution in [2.24, 2.45) is 17.3 Å². The molecule has 0 radical (unpaired) electrons. The highest BCUT2D eigenvalue weighted by molar-refractivity contribution is 5.77. The summed E-state index contributed by atoms with van der Waals surface area (Å²) >= 11 is 0. The van der Waals surface area contributed by atoms with Crippen molar-refractivity contribution in [1.82, 2.24) is 0 Å². The predicted octanol–water partition coefficient (Wildman–Crippen LogP) is 2.88. The van der Waals surface area contributed by atoms with Crippen LogP contribution in [-0.2, 0) is 14.3 Å². The van der Waals surface area contributed by atoms with E-state index in [9.17, 15) is 4.79 Å². The van der Waals surface area contributed by atoms with E-state index in [2.05, 4.69) is 20.8 Å². The van der Waals surface area contributed by atoms with E-state index in [1.807, 2.05) is 6.92 Å². The largest absolute Gasteiger partial charge is 0.432 e. The minimum absolute atomic E-state index is 0.00502. The fourth-order valence-electron chi connectivity index (χ4n) is 3.63. The third-order valence-corrected chi connectivity index (χ3v) is 5.25. The van der Waals surface area contributed by atoms with Crippen LogP contribution in [0.1, 0.15) is 53.4 Å². The van der Waals surface area contributed by atoms with Crippen molar-refractivity contribution in [2.75, 3.05) is 0 Å². The average Bonchev–Trinajstić information content (AvgIpc) is 2.44. The maximum Gasteiger partial charge on any atom is 0.314 e.